The molecule has 0 aliphatic carbocycles. The Morgan fingerprint density at radius 2 is 1.62 bits per heavy atom. The minimum absolute atomic E-state index is 0.636. The molecule has 0 aliphatic rings. The average molecular weight is 230 g/mol. The van der Waals surface area contributed by atoms with Crippen molar-refractivity contribution in [2.24, 2.45) is 0 Å². The van der Waals surface area contributed by atoms with Crippen LogP contribution in [0.2, 0.25) is 0 Å². The zero-order valence-electron chi connectivity index (χ0n) is 6.63. The Morgan fingerprint density at radius 1 is 1.00 bits per heavy atom. The molecule has 0 aromatic heterocycles. The molecule has 1 nitrogen and oxygen atoms in total. The highest BCUT2D eigenvalue weighted by Crippen LogP contribution is 2.00. The van der Waals surface area contributed by atoms with Crippen LogP contribution in [0, 0.1) is 33.9 Å². The van der Waals surface area contributed by atoms with Gasteiger partial charge in [-0.15, -0.1) is 0 Å². The Hall–Kier alpha value is -1.69. The molecule has 1 rings (SSSR count). The topological polar surface area (TPSA) is 23.8 Å². The van der Waals surface area contributed by atoms with E-state index in [1.165, 1.54) is 0 Å². The van der Waals surface area contributed by atoms with Crippen LogP contribution < -0.4 is 0 Å². The lowest BCUT2D eigenvalue weighted by Crippen LogP contribution is -1.75. The summed E-state index contributed by atoms with van der Waals surface area (Å²) in [5.41, 5.74) is 1.49. The van der Waals surface area contributed by atoms with Crippen molar-refractivity contribution in [2.75, 3.05) is 0 Å². The maximum absolute atomic E-state index is 8.53. The van der Waals surface area contributed by atoms with Crippen molar-refractivity contribution in [3.63, 3.8) is 0 Å². The van der Waals surface area contributed by atoms with Gasteiger partial charge < -0.3 is 0 Å². The van der Waals surface area contributed by atoms with Crippen molar-refractivity contribution >= 4 is 15.9 Å². The molecule has 60 valence electrons. The average Bonchev–Trinajstić information content (AvgIpc) is 2.19. The Morgan fingerprint density at radius 3 is 2.15 bits per heavy atom. The van der Waals surface area contributed by atoms with E-state index in [0.717, 1.165) is 5.56 Å². The van der Waals surface area contributed by atoms with Crippen molar-refractivity contribution < 1.29 is 0 Å². The van der Waals surface area contributed by atoms with Crippen molar-refractivity contribution in [1.29, 1.82) is 5.26 Å². The van der Waals surface area contributed by atoms with E-state index in [2.05, 4.69) is 38.5 Å². The molecule has 0 atom stereocenters. The van der Waals surface area contributed by atoms with Gasteiger partial charge in [0.1, 0.15) is 0 Å². The van der Waals surface area contributed by atoms with E-state index in [4.69, 9.17) is 5.26 Å². The van der Waals surface area contributed by atoms with Crippen LogP contribution >= 0.6 is 15.9 Å². The zero-order valence-corrected chi connectivity index (χ0v) is 8.22. The van der Waals surface area contributed by atoms with Gasteiger partial charge in [0.25, 0.3) is 0 Å². The molecule has 0 saturated heterocycles. The molecule has 0 bridgehead atoms. The number of rotatable bonds is 0. The van der Waals surface area contributed by atoms with Gasteiger partial charge in [0.2, 0.25) is 0 Å². The number of nitrogens with zero attached hydrogens (tertiary/aromatic N) is 1. The number of nitriles is 1. The predicted octanol–water partition coefficient (Wildman–Crippen LogP) is 2.27. The SMILES string of the molecule is N#Cc1ccc(C#CC#CBr)cc1. The predicted molar refractivity (Wildman–Crippen MR) is 54.7 cm³/mol. The first-order valence-electron chi connectivity index (χ1n) is 3.48. The van der Waals surface area contributed by atoms with Crippen molar-refractivity contribution in [3.05, 3.63) is 35.4 Å². The lowest BCUT2D eigenvalue weighted by atomic mass is 10.1. The first-order valence-corrected chi connectivity index (χ1v) is 4.28. The Kier molecular flexibility index (Phi) is 3.65. The van der Waals surface area contributed by atoms with E-state index in [-0.39, 0.29) is 0 Å². The minimum Gasteiger partial charge on any atom is -0.192 e. The lowest BCUT2D eigenvalue weighted by molar-refractivity contribution is 1.48. The fourth-order valence-electron chi connectivity index (χ4n) is 0.755. The van der Waals surface area contributed by atoms with Crippen molar-refractivity contribution in [1.82, 2.24) is 0 Å². The second kappa shape index (κ2) is 5.04. The van der Waals surface area contributed by atoms with Gasteiger partial charge in [-0.25, -0.2) is 0 Å². The van der Waals surface area contributed by atoms with Gasteiger partial charge in [-0.2, -0.15) is 5.26 Å². The third kappa shape index (κ3) is 3.04. The highest BCUT2D eigenvalue weighted by molar-refractivity contribution is 9.12. The standard InChI is InChI=1S/C11H4BrN/c12-8-2-1-3-10-4-6-11(9-13)7-5-10/h4-7H. The molecule has 0 N–H and O–H groups in total. The molecule has 0 amide bonds. The fraction of sp³-hybridized carbons (Fsp3) is 0. The van der Waals surface area contributed by atoms with Crippen LogP contribution in [0.25, 0.3) is 0 Å². The molecule has 0 aliphatic heterocycles. The summed E-state index contributed by atoms with van der Waals surface area (Å²) >= 11 is 2.94. The normalized spacial score (nSPS) is 7.08. The molecule has 1 aromatic rings. The van der Waals surface area contributed by atoms with Crippen LogP contribution in [-0.4, -0.2) is 0 Å². The van der Waals surface area contributed by atoms with Gasteiger partial charge in [-0.1, -0.05) is 5.92 Å². The van der Waals surface area contributed by atoms with E-state index >= 15 is 0 Å². The third-order valence-electron chi connectivity index (χ3n) is 1.33. The van der Waals surface area contributed by atoms with Crippen LogP contribution in [-0.2, 0) is 0 Å². The van der Waals surface area contributed by atoms with Crippen LogP contribution in [0.5, 0.6) is 0 Å². The Labute approximate surface area is 85.5 Å². The summed E-state index contributed by atoms with van der Waals surface area (Å²) in [7, 11) is 0. The van der Waals surface area contributed by atoms with Gasteiger partial charge >= 0.3 is 0 Å². The minimum atomic E-state index is 0.636. The molecule has 0 saturated carbocycles. The quantitative estimate of drug-likeness (QED) is 0.627. The molecule has 0 spiro atoms. The van der Waals surface area contributed by atoms with Crippen molar-refractivity contribution in [2.45, 2.75) is 0 Å². The summed E-state index contributed by atoms with van der Waals surface area (Å²) in [6.45, 7) is 0. The summed E-state index contributed by atoms with van der Waals surface area (Å²) in [4.78, 5) is 2.50. The summed E-state index contributed by atoms with van der Waals surface area (Å²) in [6, 6.07) is 9.08. The van der Waals surface area contributed by atoms with Gasteiger partial charge in [-0.3, -0.25) is 0 Å². The van der Waals surface area contributed by atoms with Crippen LogP contribution in [0.1, 0.15) is 11.1 Å². The molecule has 2 heteroatoms. The number of hydrogen-bond donors (Lipinski definition) is 0. The fourth-order valence-corrected chi connectivity index (χ4v) is 0.854. The Balaban J connectivity index is 2.88. The van der Waals surface area contributed by atoms with Gasteiger partial charge in [0.05, 0.1) is 11.6 Å². The number of benzene rings is 1. The van der Waals surface area contributed by atoms with Gasteiger partial charge in [0.15, 0.2) is 0 Å². The van der Waals surface area contributed by atoms with Gasteiger partial charge in [0, 0.05) is 21.5 Å². The maximum Gasteiger partial charge on any atom is 0.0991 e. The zero-order chi connectivity index (χ0) is 9.52. The highest BCUT2D eigenvalue weighted by atomic mass is 79.9. The van der Waals surface area contributed by atoms with E-state index in [0.29, 0.717) is 5.56 Å². The monoisotopic (exact) mass is 229 g/mol. The molecule has 13 heavy (non-hydrogen) atoms. The summed E-state index contributed by atoms with van der Waals surface area (Å²) in [5, 5.41) is 8.53. The molecule has 0 heterocycles. The second-order valence-corrected chi connectivity index (χ2v) is 2.56. The number of halogens is 1. The van der Waals surface area contributed by atoms with E-state index in [1.807, 2.05) is 6.07 Å². The number of hydrogen-bond acceptors (Lipinski definition) is 1. The van der Waals surface area contributed by atoms with Gasteiger partial charge in [-0.05, 0) is 40.9 Å². The maximum atomic E-state index is 8.53. The second-order valence-electron chi connectivity index (χ2n) is 2.16. The molecular weight excluding hydrogens is 226 g/mol. The van der Waals surface area contributed by atoms with E-state index < -0.39 is 0 Å². The first-order chi connectivity index (χ1) is 6.36. The molecule has 0 unspecified atom stereocenters. The van der Waals surface area contributed by atoms with E-state index in [9.17, 15) is 0 Å². The van der Waals surface area contributed by atoms with Crippen LogP contribution in [0.15, 0.2) is 24.3 Å². The highest BCUT2D eigenvalue weighted by Gasteiger charge is 1.87. The third-order valence-corrected chi connectivity index (χ3v) is 1.53. The lowest BCUT2D eigenvalue weighted by Gasteiger charge is -1.88. The summed E-state index contributed by atoms with van der Waals surface area (Å²) in [5.74, 6) is 8.05. The molecular formula is C11H4BrN. The van der Waals surface area contributed by atoms with E-state index in [1.54, 1.807) is 24.3 Å². The molecule has 0 radical (unpaired) electrons. The molecule has 1 aromatic carbocycles. The smallest absolute Gasteiger partial charge is 0.0991 e. The molecule has 0 fully saturated rings. The largest absolute Gasteiger partial charge is 0.192 e. The van der Waals surface area contributed by atoms with Crippen LogP contribution in [0.3, 0.4) is 0 Å². The summed E-state index contributed by atoms with van der Waals surface area (Å²) in [6.07, 6.45) is 0. The van der Waals surface area contributed by atoms with Crippen molar-refractivity contribution in [3.8, 4) is 28.7 Å². The van der Waals surface area contributed by atoms with Crippen LogP contribution in [0.4, 0.5) is 0 Å². The first kappa shape index (κ1) is 9.40. The Bertz CT molecular complexity index is 443. The summed E-state index contributed by atoms with van der Waals surface area (Å²) < 4.78 is 0.